The Labute approximate surface area is 356 Å². The molecule has 0 radical (unpaired) electrons. The molecule has 61 heavy (non-hydrogen) atoms. The number of rotatable bonds is 16. The topological polar surface area (TPSA) is 170 Å². The number of ether oxygens (including phenoxy) is 7. The summed E-state index contributed by atoms with van der Waals surface area (Å²) in [5.74, 6) is -1.25. The van der Waals surface area contributed by atoms with Gasteiger partial charge in [-0.05, 0) is 34.4 Å². The highest BCUT2D eigenvalue weighted by atomic mass is 16.6. The van der Waals surface area contributed by atoms with Gasteiger partial charge in [0.1, 0.15) is 48.9 Å². The highest BCUT2D eigenvalue weighted by Crippen LogP contribution is 2.37. The first-order valence-electron chi connectivity index (χ1n) is 20.6. The third-order valence-corrected chi connectivity index (χ3v) is 10.2. The van der Waals surface area contributed by atoms with Crippen LogP contribution in [0.2, 0.25) is 0 Å². The average Bonchev–Trinajstić information content (AvgIpc) is 3.78. The maximum atomic E-state index is 11.8. The zero-order valence-corrected chi connectivity index (χ0v) is 34.9. The molecule has 2 aliphatic heterocycles. The van der Waals surface area contributed by atoms with Crippen molar-refractivity contribution in [3.63, 3.8) is 0 Å². The molecule has 3 heterocycles. The first kappa shape index (κ1) is 45.2. The van der Waals surface area contributed by atoms with E-state index in [1.807, 2.05) is 105 Å². The summed E-state index contributed by atoms with van der Waals surface area (Å²) in [4.78, 5) is 23.3. The van der Waals surface area contributed by atoms with E-state index < -0.39 is 54.7 Å². The van der Waals surface area contributed by atoms with Crippen molar-refractivity contribution in [2.24, 2.45) is 0 Å². The second-order valence-electron chi connectivity index (χ2n) is 14.6. The molecule has 6 unspecified atom stereocenters. The maximum Gasteiger partial charge on any atom is 0.303 e. The average molecular weight is 838 g/mol. The Balaban J connectivity index is 0.00000307. The third kappa shape index (κ3) is 12.4. The number of benzene rings is 4. The molecule has 7 rings (SSSR count). The van der Waals surface area contributed by atoms with E-state index in [9.17, 15) is 19.8 Å². The minimum atomic E-state index is -1.50. The van der Waals surface area contributed by atoms with E-state index >= 15 is 0 Å². The number of nitrogens with zero attached hydrogens (tertiary/aromatic N) is 3. The van der Waals surface area contributed by atoms with Crippen LogP contribution in [0.3, 0.4) is 0 Å². The van der Waals surface area contributed by atoms with Crippen molar-refractivity contribution in [2.75, 3.05) is 13.2 Å². The molecule has 0 aliphatic carbocycles. The van der Waals surface area contributed by atoms with Crippen molar-refractivity contribution in [3.8, 4) is 5.69 Å². The molecule has 1 aromatic heterocycles. The molecule has 0 spiro atoms. The SMILES string of the molecule is CC.CC(=O)OCC1O[C@H](c2ccc(-n3cc([C@H]4OC(COCc5ccccc5)CC(OCc5ccccc5)C4OCc4ccccc4)nn3)cc2)C(O)C(O)[C@@H]1OC(C)=O. The minimum absolute atomic E-state index is 0.287. The second kappa shape index (κ2) is 22.5. The monoisotopic (exact) mass is 837 g/mol. The van der Waals surface area contributed by atoms with E-state index in [1.54, 1.807) is 35.1 Å². The molecular formula is C47H55N3O11. The minimum Gasteiger partial charge on any atom is -0.463 e. The molecule has 324 valence electrons. The molecule has 5 aromatic rings. The van der Waals surface area contributed by atoms with Crippen molar-refractivity contribution >= 4 is 11.9 Å². The van der Waals surface area contributed by atoms with Crippen LogP contribution in [-0.4, -0.2) is 93.1 Å². The first-order valence-corrected chi connectivity index (χ1v) is 20.6. The van der Waals surface area contributed by atoms with E-state index in [4.69, 9.17) is 33.2 Å². The molecular weight excluding hydrogens is 783 g/mol. The largest absolute Gasteiger partial charge is 0.463 e. The maximum absolute atomic E-state index is 11.8. The van der Waals surface area contributed by atoms with Crippen molar-refractivity contribution in [1.29, 1.82) is 0 Å². The summed E-state index contributed by atoms with van der Waals surface area (Å²) >= 11 is 0. The fourth-order valence-electron chi connectivity index (χ4n) is 7.29. The quantitative estimate of drug-likeness (QED) is 0.108. The van der Waals surface area contributed by atoms with Crippen molar-refractivity contribution < 1.29 is 53.0 Å². The van der Waals surface area contributed by atoms with Gasteiger partial charge in [-0.1, -0.05) is 122 Å². The summed E-state index contributed by atoms with van der Waals surface area (Å²) < 4.78 is 44.3. The van der Waals surface area contributed by atoms with Gasteiger partial charge in [-0.3, -0.25) is 9.59 Å². The number of hydrogen-bond donors (Lipinski definition) is 2. The van der Waals surface area contributed by atoms with Crippen LogP contribution in [0.15, 0.2) is 121 Å². The van der Waals surface area contributed by atoms with E-state index in [2.05, 4.69) is 10.3 Å². The van der Waals surface area contributed by atoms with E-state index in [1.165, 1.54) is 13.8 Å². The van der Waals surface area contributed by atoms with Gasteiger partial charge in [0, 0.05) is 20.3 Å². The second-order valence-corrected chi connectivity index (χ2v) is 14.6. The smallest absolute Gasteiger partial charge is 0.303 e. The van der Waals surface area contributed by atoms with Crippen molar-refractivity contribution in [3.05, 3.63) is 149 Å². The van der Waals surface area contributed by atoms with E-state index in [0.717, 1.165) is 16.7 Å². The van der Waals surface area contributed by atoms with Crippen LogP contribution in [0.25, 0.3) is 5.69 Å². The van der Waals surface area contributed by atoms with Gasteiger partial charge in [-0.2, -0.15) is 0 Å². The summed E-state index contributed by atoms with van der Waals surface area (Å²) in [5.41, 5.74) is 4.80. The van der Waals surface area contributed by atoms with Gasteiger partial charge >= 0.3 is 11.9 Å². The number of carbonyl (C=O) groups excluding carboxylic acids is 2. The van der Waals surface area contributed by atoms with E-state index in [-0.39, 0.29) is 18.8 Å². The van der Waals surface area contributed by atoms with Gasteiger partial charge in [-0.15, -0.1) is 5.10 Å². The molecule has 2 aliphatic rings. The normalized spacial score (nSPS) is 24.9. The molecule has 0 saturated carbocycles. The number of esters is 2. The van der Waals surface area contributed by atoms with Gasteiger partial charge in [-0.25, -0.2) is 4.68 Å². The molecule has 2 N–H and O–H groups in total. The number of aliphatic hydroxyl groups excluding tert-OH is 2. The summed E-state index contributed by atoms with van der Waals surface area (Å²) in [6, 6.07) is 36.9. The predicted molar refractivity (Wildman–Crippen MR) is 223 cm³/mol. The molecule has 14 nitrogen and oxygen atoms in total. The standard InChI is InChI=1S/C45H49N3O11.C2H6/c1-29(49)54-28-39-44(57-30(2)50)41(52)40(51)42(59-39)34-18-20-35(21-19-34)48-23-37(46-47-48)43-45(56-26-33-16-10-5-11-17-33)38(55-25-32-14-8-4-9-15-32)22-36(58-43)27-53-24-31-12-6-3-7-13-31;1-2/h3-21,23,36,38-45,51-52H,22,24-28H2,1-2H3;1-2H3/t36?,38?,39?,40?,41?,42-,43-,44-,45?;/m1./s1. The number of carbonyl (C=O) groups is 2. The fourth-order valence-corrected chi connectivity index (χ4v) is 7.29. The Morgan fingerprint density at radius 1 is 0.689 bits per heavy atom. The Bertz CT molecular complexity index is 2070. The molecule has 2 fully saturated rings. The van der Waals surface area contributed by atoms with Crippen molar-refractivity contribution in [1.82, 2.24) is 15.0 Å². The summed E-state index contributed by atoms with van der Waals surface area (Å²) in [6.07, 6.45) is -5.87. The van der Waals surface area contributed by atoms with Gasteiger partial charge < -0.3 is 43.4 Å². The first-order chi connectivity index (χ1) is 29.7. The Kier molecular flexibility index (Phi) is 16.7. The summed E-state index contributed by atoms with van der Waals surface area (Å²) in [6.45, 7) is 7.59. The predicted octanol–water partition coefficient (Wildman–Crippen LogP) is 6.17. The van der Waals surface area contributed by atoms with Gasteiger partial charge in [0.2, 0.25) is 0 Å². The lowest BCUT2D eigenvalue weighted by Crippen LogP contribution is -2.57. The van der Waals surface area contributed by atoms with Crippen LogP contribution in [-0.2, 0) is 62.6 Å². The third-order valence-electron chi connectivity index (χ3n) is 10.2. The molecule has 0 amide bonds. The van der Waals surface area contributed by atoms with Crippen LogP contribution in [0.5, 0.6) is 0 Å². The highest BCUT2D eigenvalue weighted by Gasteiger charge is 2.47. The molecule has 2 saturated heterocycles. The van der Waals surface area contributed by atoms with Crippen LogP contribution in [0.4, 0.5) is 0 Å². The molecule has 9 atom stereocenters. The number of aliphatic hydroxyl groups is 2. The zero-order chi connectivity index (χ0) is 43.1. The lowest BCUT2D eigenvalue weighted by molar-refractivity contribution is -0.242. The molecule has 14 heteroatoms. The van der Waals surface area contributed by atoms with Crippen LogP contribution < -0.4 is 0 Å². The van der Waals surface area contributed by atoms with Crippen molar-refractivity contribution in [2.45, 2.75) is 109 Å². The Morgan fingerprint density at radius 3 is 1.87 bits per heavy atom. The van der Waals surface area contributed by atoms with Crippen LogP contribution in [0.1, 0.15) is 74.3 Å². The molecule has 0 bridgehead atoms. The van der Waals surface area contributed by atoms with Crippen LogP contribution in [0, 0.1) is 0 Å². The van der Waals surface area contributed by atoms with E-state index in [0.29, 0.717) is 49.8 Å². The molecule has 4 aromatic carbocycles. The van der Waals surface area contributed by atoms with Gasteiger partial charge in [0.25, 0.3) is 0 Å². The Morgan fingerprint density at radius 2 is 1.28 bits per heavy atom. The lowest BCUT2D eigenvalue weighted by atomic mass is 9.91. The van der Waals surface area contributed by atoms with Gasteiger partial charge in [0.15, 0.2) is 6.10 Å². The highest BCUT2D eigenvalue weighted by molar-refractivity contribution is 5.66. The lowest BCUT2D eigenvalue weighted by Gasteiger charge is -2.42. The zero-order valence-electron chi connectivity index (χ0n) is 34.9. The Hall–Kier alpha value is -5.32. The summed E-state index contributed by atoms with van der Waals surface area (Å²) in [7, 11) is 0. The summed E-state index contributed by atoms with van der Waals surface area (Å²) in [5, 5.41) is 31.1. The number of hydrogen-bond acceptors (Lipinski definition) is 13. The van der Waals surface area contributed by atoms with Gasteiger partial charge in [0.05, 0.1) is 50.5 Å². The number of aromatic nitrogens is 3. The van der Waals surface area contributed by atoms with Crippen LogP contribution >= 0.6 is 0 Å². The fraction of sp³-hybridized carbons (Fsp3) is 0.404.